The quantitative estimate of drug-likeness (QED) is 0.749. The van der Waals surface area contributed by atoms with Gasteiger partial charge in [0.2, 0.25) is 0 Å². The molecule has 0 fully saturated rings. The highest BCUT2D eigenvalue weighted by molar-refractivity contribution is 6.37. The predicted octanol–water partition coefficient (Wildman–Crippen LogP) is 4.68. The van der Waals surface area contributed by atoms with Crippen molar-refractivity contribution in [3.8, 4) is 0 Å². The number of halogens is 2. The van der Waals surface area contributed by atoms with Crippen LogP contribution in [0.2, 0.25) is 10.0 Å². The minimum absolute atomic E-state index is 0.160. The largest absolute Gasteiger partial charge is 0.337 e. The van der Waals surface area contributed by atoms with Crippen molar-refractivity contribution in [2.75, 3.05) is 13.1 Å². The number of dihydropyridines is 1. The molecule has 1 aromatic carbocycles. The van der Waals surface area contributed by atoms with Gasteiger partial charge >= 0.3 is 0 Å². The van der Waals surface area contributed by atoms with Gasteiger partial charge in [0.1, 0.15) is 0 Å². The number of aliphatic imine (C=N–C) groups is 1. The summed E-state index contributed by atoms with van der Waals surface area (Å²) in [4.78, 5) is 31.2. The molecule has 0 aliphatic carbocycles. The maximum Gasteiger partial charge on any atom is 0.255 e. The van der Waals surface area contributed by atoms with Crippen molar-refractivity contribution in [3.05, 3.63) is 44.5 Å². The fraction of sp³-hybridized carbons (Fsp3) is 0.450. The van der Waals surface area contributed by atoms with E-state index in [1.54, 1.807) is 11.8 Å². The van der Waals surface area contributed by atoms with Gasteiger partial charge in [-0.25, -0.2) is 4.99 Å². The zero-order valence-electron chi connectivity index (χ0n) is 15.4. The van der Waals surface area contributed by atoms with Gasteiger partial charge in [-0.1, -0.05) is 42.6 Å². The average Bonchev–Trinajstić information content (AvgIpc) is 2.55. The molecule has 2 aliphatic heterocycles. The highest BCUT2D eigenvalue weighted by Crippen LogP contribution is 2.38. The molecule has 0 bridgehead atoms. The zero-order chi connectivity index (χ0) is 19.2. The first-order valence-electron chi connectivity index (χ1n) is 8.78. The molecular formula is C20H22Cl2N2O2. The molecule has 2 amide bonds. The summed E-state index contributed by atoms with van der Waals surface area (Å²) in [6.07, 6.45) is 2.53. The second-order valence-corrected chi connectivity index (χ2v) is 8.09. The molecule has 0 saturated carbocycles. The SMILES string of the molecule is CC1=CC(C)=NC(=O)C1CN1CCc2c(Cl)cc(C(C)C)c(Cl)c2C1=O. The van der Waals surface area contributed by atoms with Gasteiger partial charge in [-0.2, -0.15) is 0 Å². The molecule has 4 nitrogen and oxygen atoms in total. The summed E-state index contributed by atoms with van der Waals surface area (Å²) < 4.78 is 0. The van der Waals surface area contributed by atoms with Crippen LogP contribution in [0.3, 0.4) is 0 Å². The summed E-state index contributed by atoms with van der Waals surface area (Å²) in [7, 11) is 0. The Morgan fingerprint density at radius 1 is 1.27 bits per heavy atom. The van der Waals surface area contributed by atoms with Crippen LogP contribution in [0.15, 0.2) is 22.7 Å². The first-order valence-corrected chi connectivity index (χ1v) is 9.53. The van der Waals surface area contributed by atoms with E-state index in [-0.39, 0.29) is 17.7 Å². The molecule has 0 saturated heterocycles. The lowest BCUT2D eigenvalue weighted by atomic mass is 9.90. The smallest absolute Gasteiger partial charge is 0.255 e. The number of benzene rings is 1. The molecule has 2 heterocycles. The number of allylic oxidation sites excluding steroid dienone is 1. The standard InChI is InChI=1S/C20H22Cl2N2O2/c1-10(2)14-8-16(21)13-5-6-24(20(26)17(13)18(14)22)9-15-11(3)7-12(4)23-19(15)25/h7-8,10,15H,5-6,9H2,1-4H3. The third-order valence-corrected chi connectivity index (χ3v) is 5.82. The highest BCUT2D eigenvalue weighted by atomic mass is 35.5. The Labute approximate surface area is 163 Å². The van der Waals surface area contributed by atoms with Crippen molar-refractivity contribution in [2.24, 2.45) is 10.9 Å². The molecule has 0 aromatic heterocycles. The van der Waals surface area contributed by atoms with Crippen molar-refractivity contribution in [3.63, 3.8) is 0 Å². The minimum atomic E-state index is -0.397. The second-order valence-electron chi connectivity index (χ2n) is 7.30. The third-order valence-electron chi connectivity index (χ3n) is 5.07. The molecular weight excluding hydrogens is 371 g/mol. The van der Waals surface area contributed by atoms with Crippen LogP contribution >= 0.6 is 23.2 Å². The summed E-state index contributed by atoms with van der Waals surface area (Å²) >= 11 is 13.0. The molecule has 0 N–H and O–H groups in total. The fourth-order valence-corrected chi connectivity index (χ4v) is 4.38. The van der Waals surface area contributed by atoms with Crippen molar-refractivity contribution in [1.29, 1.82) is 0 Å². The Morgan fingerprint density at radius 3 is 2.58 bits per heavy atom. The van der Waals surface area contributed by atoms with Crippen molar-refractivity contribution in [2.45, 2.75) is 40.0 Å². The summed E-state index contributed by atoms with van der Waals surface area (Å²) in [5.41, 5.74) is 3.80. The molecule has 1 atom stereocenters. The number of fused-ring (bicyclic) bond motifs is 1. The first kappa shape index (κ1) is 19.1. The maximum atomic E-state index is 13.1. The second kappa shape index (κ2) is 7.16. The molecule has 138 valence electrons. The average molecular weight is 393 g/mol. The Hall–Kier alpha value is -1.65. The van der Waals surface area contributed by atoms with Gasteiger partial charge in [0, 0.05) is 23.8 Å². The van der Waals surface area contributed by atoms with Gasteiger partial charge in [-0.3, -0.25) is 9.59 Å². The molecule has 0 radical (unpaired) electrons. The fourth-order valence-electron chi connectivity index (χ4n) is 3.60. The molecule has 6 heteroatoms. The van der Waals surface area contributed by atoms with E-state index in [1.807, 2.05) is 32.9 Å². The van der Waals surface area contributed by atoms with Crippen LogP contribution in [0.1, 0.15) is 55.1 Å². The van der Waals surface area contributed by atoms with E-state index in [4.69, 9.17) is 23.2 Å². The topological polar surface area (TPSA) is 49.7 Å². The summed E-state index contributed by atoms with van der Waals surface area (Å²) in [5.74, 6) is -0.587. The zero-order valence-corrected chi connectivity index (χ0v) is 16.9. The van der Waals surface area contributed by atoms with Crippen LogP contribution in [0.4, 0.5) is 0 Å². The molecule has 0 spiro atoms. The van der Waals surface area contributed by atoms with Gasteiger partial charge < -0.3 is 4.90 Å². The van der Waals surface area contributed by atoms with Crippen molar-refractivity contribution in [1.82, 2.24) is 4.90 Å². The van der Waals surface area contributed by atoms with E-state index in [9.17, 15) is 9.59 Å². The highest BCUT2D eigenvalue weighted by Gasteiger charge is 2.34. The lowest BCUT2D eigenvalue weighted by molar-refractivity contribution is -0.120. The van der Waals surface area contributed by atoms with Gasteiger partial charge in [0.05, 0.1) is 16.5 Å². The summed E-state index contributed by atoms with van der Waals surface area (Å²) in [6, 6.07) is 1.87. The van der Waals surface area contributed by atoms with E-state index < -0.39 is 5.92 Å². The van der Waals surface area contributed by atoms with E-state index in [0.29, 0.717) is 40.8 Å². The van der Waals surface area contributed by atoms with Crippen LogP contribution in [-0.2, 0) is 11.2 Å². The van der Waals surface area contributed by atoms with Gasteiger partial charge in [0.25, 0.3) is 11.8 Å². The Morgan fingerprint density at radius 2 is 1.96 bits per heavy atom. The molecule has 2 aliphatic rings. The van der Waals surface area contributed by atoms with Crippen molar-refractivity contribution < 1.29 is 9.59 Å². The maximum absolute atomic E-state index is 13.1. The van der Waals surface area contributed by atoms with Crippen LogP contribution in [-0.4, -0.2) is 35.5 Å². The number of amides is 2. The van der Waals surface area contributed by atoms with Crippen molar-refractivity contribution >= 4 is 40.7 Å². The lowest BCUT2D eigenvalue weighted by Crippen LogP contribution is -2.43. The number of hydrogen-bond donors (Lipinski definition) is 0. The molecule has 3 rings (SSSR count). The first-order chi connectivity index (χ1) is 12.2. The normalized spacial score (nSPS) is 20.3. The number of carbonyl (C=O) groups excluding carboxylic acids is 2. The summed E-state index contributed by atoms with van der Waals surface area (Å²) in [5, 5.41) is 1.07. The Bertz CT molecular complexity index is 856. The molecule has 1 unspecified atom stereocenters. The van der Waals surface area contributed by atoms with Gasteiger partial charge in [-0.05, 0) is 49.5 Å². The number of rotatable bonds is 3. The lowest BCUT2D eigenvalue weighted by Gasteiger charge is -2.33. The van der Waals surface area contributed by atoms with Crippen LogP contribution in [0, 0.1) is 5.92 Å². The predicted molar refractivity (Wildman–Crippen MR) is 106 cm³/mol. The molecule has 26 heavy (non-hydrogen) atoms. The number of nitrogens with zero attached hydrogens (tertiary/aromatic N) is 2. The summed E-state index contributed by atoms with van der Waals surface area (Å²) in [6.45, 7) is 8.58. The van der Waals surface area contributed by atoms with E-state index >= 15 is 0 Å². The number of hydrogen-bond acceptors (Lipinski definition) is 2. The van der Waals surface area contributed by atoms with Crippen LogP contribution in [0.5, 0.6) is 0 Å². The minimum Gasteiger partial charge on any atom is -0.337 e. The monoisotopic (exact) mass is 392 g/mol. The van der Waals surface area contributed by atoms with E-state index in [2.05, 4.69) is 4.99 Å². The Balaban J connectivity index is 1.93. The van der Waals surface area contributed by atoms with Gasteiger partial charge in [0.15, 0.2) is 0 Å². The Kier molecular flexibility index (Phi) is 5.27. The van der Waals surface area contributed by atoms with E-state index in [0.717, 1.165) is 16.7 Å². The van der Waals surface area contributed by atoms with E-state index in [1.165, 1.54) is 0 Å². The third kappa shape index (κ3) is 3.33. The van der Waals surface area contributed by atoms with Gasteiger partial charge in [-0.15, -0.1) is 0 Å². The molecule has 1 aromatic rings. The van der Waals surface area contributed by atoms with Crippen LogP contribution < -0.4 is 0 Å². The number of carbonyl (C=O) groups is 2. The van der Waals surface area contributed by atoms with Crippen LogP contribution in [0.25, 0.3) is 0 Å².